The minimum Gasteiger partial charge on any atom is -0.477 e. The third-order valence-corrected chi connectivity index (χ3v) is 6.24. The summed E-state index contributed by atoms with van der Waals surface area (Å²) in [5, 5.41) is 11.7. The summed E-state index contributed by atoms with van der Waals surface area (Å²) in [5.41, 5.74) is -1.66. The first kappa shape index (κ1) is 16.5. The Morgan fingerprint density at radius 2 is 1.91 bits per heavy atom. The van der Waals surface area contributed by atoms with E-state index in [2.05, 4.69) is 5.32 Å². The fourth-order valence-corrected chi connectivity index (χ4v) is 5.10. The largest absolute Gasteiger partial charge is 0.477 e. The van der Waals surface area contributed by atoms with E-state index in [0.717, 1.165) is 19.0 Å². The Balaban J connectivity index is 1.82. The van der Waals surface area contributed by atoms with Gasteiger partial charge >= 0.3 is 16.1 Å². The van der Waals surface area contributed by atoms with Crippen LogP contribution < -0.4 is 5.32 Å². The summed E-state index contributed by atoms with van der Waals surface area (Å²) in [4.78, 5) is 12.6. The lowest BCUT2D eigenvalue weighted by atomic mass is 9.68. The van der Waals surface area contributed by atoms with E-state index in [0.29, 0.717) is 31.6 Å². The Hall–Kier alpha value is -1.35. The zero-order valence-electron chi connectivity index (χ0n) is 12.6. The van der Waals surface area contributed by atoms with Crippen LogP contribution in [0.3, 0.4) is 0 Å². The molecule has 0 aromatic carbocycles. The molecule has 23 heavy (non-hydrogen) atoms. The lowest BCUT2D eigenvalue weighted by molar-refractivity contribution is -0.135. The molecule has 2 saturated carbocycles. The molecule has 130 valence electrons. The Bertz CT molecular complexity index is 623. The van der Waals surface area contributed by atoms with Gasteiger partial charge in [0, 0.05) is 12.2 Å². The van der Waals surface area contributed by atoms with Gasteiger partial charge in [0.05, 0.1) is 0 Å². The maximum absolute atomic E-state index is 13.7. The number of carbonyl (C=O) groups is 1. The van der Waals surface area contributed by atoms with Gasteiger partial charge in [-0.2, -0.15) is 8.42 Å². The van der Waals surface area contributed by atoms with Crippen molar-refractivity contribution in [2.75, 3.05) is 0 Å². The maximum Gasteiger partial charge on any atom is 0.353 e. The Morgan fingerprint density at radius 3 is 2.57 bits per heavy atom. The first-order valence-corrected chi connectivity index (χ1v) is 9.36. The zero-order valence-corrected chi connectivity index (χ0v) is 13.4. The first-order chi connectivity index (χ1) is 10.8. The van der Waals surface area contributed by atoms with Crippen molar-refractivity contribution in [2.24, 2.45) is 11.8 Å². The zero-order chi connectivity index (χ0) is 16.8. The summed E-state index contributed by atoms with van der Waals surface area (Å²) in [7, 11) is -4.48. The van der Waals surface area contributed by atoms with Crippen molar-refractivity contribution in [3.05, 3.63) is 11.9 Å². The SMILES string of the molecule is O=C(O)C1=CNC(S(=O)(=O)O)N1C1CCC2CCC(F)CC2C1. The lowest BCUT2D eigenvalue weighted by Gasteiger charge is -2.44. The molecular formula is C14H21FN2O5S. The van der Waals surface area contributed by atoms with Crippen LogP contribution in [-0.4, -0.2) is 46.7 Å². The highest BCUT2D eigenvalue weighted by atomic mass is 32.2. The Kier molecular flexibility index (Phi) is 4.26. The third kappa shape index (κ3) is 3.16. The molecule has 3 rings (SSSR count). The molecule has 0 aromatic rings. The Morgan fingerprint density at radius 1 is 1.22 bits per heavy atom. The van der Waals surface area contributed by atoms with Crippen LogP contribution >= 0.6 is 0 Å². The molecule has 0 saturated heterocycles. The van der Waals surface area contributed by atoms with Gasteiger partial charge in [0.15, 0.2) is 0 Å². The number of aliphatic carboxylic acids is 1. The van der Waals surface area contributed by atoms with E-state index in [1.165, 1.54) is 4.90 Å². The van der Waals surface area contributed by atoms with Crippen molar-refractivity contribution in [3.63, 3.8) is 0 Å². The normalized spacial score (nSPS) is 37.7. The van der Waals surface area contributed by atoms with Gasteiger partial charge in [-0.3, -0.25) is 4.55 Å². The van der Waals surface area contributed by atoms with Crippen LogP contribution in [0.25, 0.3) is 0 Å². The van der Waals surface area contributed by atoms with E-state index in [-0.39, 0.29) is 17.7 Å². The topological polar surface area (TPSA) is 107 Å². The van der Waals surface area contributed by atoms with Gasteiger partial charge in [0.2, 0.25) is 5.50 Å². The standard InChI is InChI=1S/C14H21FN2O5S/c15-10-3-1-8-2-4-11(6-9(8)5-10)17-12(13(18)19)7-16-14(17)23(20,21)22/h7-11,14,16H,1-6H2,(H,18,19)(H,20,21,22). The highest BCUT2D eigenvalue weighted by molar-refractivity contribution is 7.86. The number of nitrogens with zero attached hydrogens (tertiary/aromatic N) is 1. The van der Waals surface area contributed by atoms with Crippen LogP contribution in [-0.2, 0) is 14.9 Å². The molecule has 2 aliphatic carbocycles. The molecule has 3 aliphatic rings. The number of halogens is 1. The number of nitrogens with one attached hydrogen (secondary N) is 1. The smallest absolute Gasteiger partial charge is 0.353 e. The fraction of sp³-hybridized carbons (Fsp3) is 0.786. The summed E-state index contributed by atoms with van der Waals surface area (Å²) < 4.78 is 46.1. The molecule has 1 heterocycles. The lowest BCUT2D eigenvalue weighted by Crippen LogP contribution is -2.51. The summed E-state index contributed by atoms with van der Waals surface area (Å²) in [6, 6.07) is -0.342. The minimum absolute atomic E-state index is 0.134. The molecule has 0 amide bonds. The molecule has 2 fully saturated rings. The second-order valence-electron chi connectivity index (χ2n) is 6.67. The van der Waals surface area contributed by atoms with E-state index in [1.807, 2.05) is 0 Å². The van der Waals surface area contributed by atoms with Crippen molar-refractivity contribution < 1.29 is 27.3 Å². The van der Waals surface area contributed by atoms with E-state index in [9.17, 15) is 27.3 Å². The average molecular weight is 348 g/mol. The monoisotopic (exact) mass is 348 g/mol. The van der Waals surface area contributed by atoms with Crippen LogP contribution in [0.1, 0.15) is 38.5 Å². The van der Waals surface area contributed by atoms with E-state index < -0.39 is 27.8 Å². The fourth-order valence-electron chi connectivity index (χ4n) is 4.29. The van der Waals surface area contributed by atoms with Gasteiger partial charge in [-0.25, -0.2) is 9.18 Å². The number of fused-ring (bicyclic) bond motifs is 1. The molecule has 3 N–H and O–H groups in total. The average Bonchev–Trinajstić information content (AvgIpc) is 2.91. The number of carboxylic acid groups (broad SMARTS) is 1. The predicted octanol–water partition coefficient (Wildman–Crippen LogP) is 1.30. The van der Waals surface area contributed by atoms with Crippen molar-refractivity contribution >= 4 is 16.1 Å². The molecule has 5 unspecified atom stereocenters. The van der Waals surface area contributed by atoms with Gasteiger partial charge in [-0.15, -0.1) is 0 Å². The van der Waals surface area contributed by atoms with Crippen LogP contribution in [0.4, 0.5) is 4.39 Å². The molecule has 5 atom stereocenters. The molecule has 9 heteroatoms. The van der Waals surface area contributed by atoms with E-state index in [1.54, 1.807) is 0 Å². The van der Waals surface area contributed by atoms with Crippen LogP contribution in [0, 0.1) is 11.8 Å². The second-order valence-corrected chi connectivity index (χ2v) is 8.15. The van der Waals surface area contributed by atoms with Crippen molar-refractivity contribution in [3.8, 4) is 0 Å². The van der Waals surface area contributed by atoms with Crippen LogP contribution in [0.2, 0.25) is 0 Å². The number of hydrogen-bond donors (Lipinski definition) is 3. The van der Waals surface area contributed by atoms with Crippen LogP contribution in [0.15, 0.2) is 11.9 Å². The predicted molar refractivity (Wildman–Crippen MR) is 79.4 cm³/mol. The van der Waals surface area contributed by atoms with Gasteiger partial charge in [-0.1, -0.05) is 0 Å². The minimum atomic E-state index is -4.48. The van der Waals surface area contributed by atoms with Crippen LogP contribution in [0.5, 0.6) is 0 Å². The highest BCUT2D eigenvalue weighted by Crippen LogP contribution is 2.44. The van der Waals surface area contributed by atoms with Gasteiger partial charge < -0.3 is 15.3 Å². The van der Waals surface area contributed by atoms with Gasteiger partial charge in [-0.05, 0) is 50.4 Å². The maximum atomic E-state index is 13.7. The molecule has 0 bridgehead atoms. The molecule has 1 aliphatic heterocycles. The number of alkyl halides is 1. The summed E-state index contributed by atoms with van der Waals surface area (Å²) >= 11 is 0. The van der Waals surface area contributed by atoms with Gasteiger partial charge in [0.1, 0.15) is 11.9 Å². The number of carboxylic acids is 1. The molecule has 7 nitrogen and oxygen atoms in total. The summed E-state index contributed by atoms with van der Waals surface area (Å²) in [6.45, 7) is 0. The molecule has 0 aromatic heterocycles. The Labute approximate surface area is 134 Å². The highest BCUT2D eigenvalue weighted by Gasteiger charge is 2.45. The molecular weight excluding hydrogens is 327 g/mol. The third-order valence-electron chi connectivity index (χ3n) is 5.31. The second kappa shape index (κ2) is 5.94. The number of hydrogen-bond acceptors (Lipinski definition) is 5. The first-order valence-electron chi connectivity index (χ1n) is 7.85. The van der Waals surface area contributed by atoms with Crippen molar-refractivity contribution in [1.82, 2.24) is 10.2 Å². The summed E-state index contributed by atoms with van der Waals surface area (Å²) in [6.07, 6.45) is 4.13. The summed E-state index contributed by atoms with van der Waals surface area (Å²) in [5.74, 6) is -0.691. The van der Waals surface area contributed by atoms with Crippen molar-refractivity contribution in [1.29, 1.82) is 0 Å². The molecule has 0 radical (unpaired) electrons. The number of rotatable bonds is 3. The van der Waals surface area contributed by atoms with Crippen molar-refractivity contribution in [2.45, 2.75) is 56.2 Å². The quantitative estimate of drug-likeness (QED) is 0.660. The molecule has 0 spiro atoms. The van der Waals surface area contributed by atoms with Gasteiger partial charge in [0.25, 0.3) is 0 Å². The van der Waals surface area contributed by atoms with E-state index >= 15 is 0 Å². The van der Waals surface area contributed by atoms with E-state index in [4.69, 9.17) is 0 Å².